The van der Waals surface area contributed by atoms with Gasteiger partial charge in [0, 0.05) is 28.7 Å². The summed E-state index contributed by atoms with van der Waals surface area (Å²) in [7, 11) is 0. The van der Waals surface area contributed by atoms with Crippen LogP contribution in [0.15, 0.2) is 66.3 Å². The molecule has 0 atom stereocenters. The van der Waals surface area contributed by atoms with E-state index in [1.807, 2.05) is 36.5 Å². The van der Waals surface area contributed by atoms with Crippen LogP contribution in [0, 0.1) is 0 Å². The number of amides is 1. The molecule has 0 bridgehead atoms. The first-order valence-electron chi connectivity index (χ1n) is 5.83. The van der Waals surface area contributed by atoms with E-state index in [-0.39, 0.29) is 5.91 Å². The van der Waals surface area contributed by atoms with Crippen LogP contribution in [0.5, 0.6) is 0 Å². The molecule has 0 fully saturated rings. The predicted octanol–water partition coefficient (Wildman–Crippen LogP) is 3.50. The van der Waals surface area contributed by atoms with Crippen molar-refractivity contribution >= 4 is 23.4 Å². The molecule has 0 aliphatic carbocycles. The highest BCUT2D eigenvalue weighted by molar-refractivity contribution is 7.98. The third-order valence-corrected chi connectivity index (χ3v) is 3.52. The summed E-state index contributed by atoms with van der Waals surface area (Å²) in [5.41, 5.74) is 1.96. The second-order valence-corrected chi connectivity index (χ2v) is 4.92. The fourth-order valence-corrected chi connectivity index (χ4v) is 2.31. The lowest BCUT2D eigenvalue weighted by molar-refractivity contribution is -0.111. The van der Waals surface area contributed by atoms with Gasteiger partial charge in [-0.2, -0.15) is 0 Å². The van der Waals surface area contributed by atoms with Gasteiger partial charge in [0.2, 0.25) is 5.91 Å². The highest BCUT2D eigenvalue weighted by Gasteiger charge is 1.99. The predicted molar refractivity (Wildman–Crippen MR) is 79.1 cm³/mol. The number of hydrogen-bond acceptors (Lipinski definition) is 3. The van der Waals surface area contributed by atoms with Crippen molar-refractivity contribution in [1.82, 2.24) is 4.98 Å². The molecule has 1 N–H and O–H groups in total. The normalized spacial score (nSPS) is 9.89. The molecule has 0 saturated carbocycles. The van der Waals surface area contributed by atoms with Gasteiger partial charge in [0.05, 0.1) is 0 Å². The molecule has 0 radical (unpaired) electrons. The molecule has 19 heavy (non-hydrogen) atoms. The fraction of sp³-hybridized carbons (Fsp3) is 0.0667. The second kappa shape index (κ2) is 6.75. The van der Waals surface area contributed by atoms with Crippen molar-refractivity contribution in [2.24, 2.45) is 0 Å². The van der Waals surface area contributed by atoms with Crippen LogP contribution >= 0.6 is 11.8 Å². The average Bonchev–Trinajstić information content (AvgIpc) is 2.47. The van der Waals surface area contributed by atoms with Gasteiger partial charge in [-0.15, -0.1) is 11.8 Å². The summed E-state index contributed by atoms with van der Waals surface area (Å²) in [6, 6.07) is 11.7. The summed E-state index contributed by atoms with van der Waals surface area (Å²) in [5, 5.41) is 2.72. The Morgan fingerprint density at radius 3 is 2.74 bits per heavy atom. The quantitative estimate of drug-likeness (QED) is 0.668. The summed E-state index contributed by atoms with van der Waals surface area (Å²) in [6.45, 7) is 3.42. The number of pyridine rings is 1. The van der Waals surface area contributed by atoms with E-state index < -0.39 is 0 Å². The Hall–Kier alpha value is -2.07. The maximum atomic E-state index is 11.1. The minimum Gasteiger partial charge on any atom is -0.323 e. The summed E-state index contributed by atoms with van der Waals surface area (Å²) < 4.78 is 0. The van der Waals surface area contributed by atoms with Crippen molar-refractivity contribution in [1.29, 1.82) is 0 Å². The molecule has 0 aliphatic heterocycles. The number of nitrogens with one attached hydrogen (secondary N) is 1. The molecule has 0 aliphatic rings. The van der Waals surface area contributed by atoms with Crippen molar-refractivity contribution in [3.8, 4) is 0 Å². The molecule has 3 nitrogen and oxygen atoms in total. The first-order chi connectivity index (χ1) is 9.28. The fourth-order valence-electron chi connectivity index (χ4n) is 1.48. The maximum Gasteiger partial charge on any atom is 0.247 e. The highest BCUT2D eigenvalue weighted by Crippen LogP contribution is 2.23. The van der Waals surface area contributed by atoms with E-state index in [1.54, 1.807) is 18.0 Å². The van der Waals surface area contributed by atoms with Crippen LogP contribution in [-0.2, 0) is 10.5 Å². The minimum atomic E-state index is -0.198. The summed E-state index contributed by atoms with van der Waals surface area (Å²) in [5.74, 6) is 0.683. The Bertz CT molecular complexity index is 552. The van der Waals surface area contributed by atoms with Crippen LogP contribution in [0.1, 0.15) is 5.56 Å². The van der Waals surface area contributed by atoms with Gasteiger partial charge in [0.25, 0.3) is 0 Å². The Morgan fingerprint density at radius 1 is 1.32 bits per heavy atom. The molecule has 0 saturated heterocycles. The summed E-state index contributed by atoms with van der Waals surface area (Å²) in [6.07, 6.45) is 4.89. The lowest BCUT2D eigenvalue weighted by Gasteiger charge is -2.04. The second-order valence-electron chi connectivity index (χ2n) is 3.87. The lowest BCUT2D eigenvalue weighted by Crippen LogP contribution is -2.06. The van der Waals surface area contributed by atoms with Crippen LogP contribution in [0.25, 0.3) is 0 Å². The molecule has 1 amide bonds. The van der Waals surface area contributed by atoms with Gasteiger partial charge in [-0.3, -0.25) is 9.78 Å². The number of carbonyl (C=O) groups is 1. The number of rotatable bonds is 5. The van der Waals surface area contributed by atoms with Gasteiger partial charge in [-0.05, 0) is 42.0 Å². The average molecular weight is 270 g/mol. The third kappa shape index (κ3) is 4.26. The van der Waals surface area contributed by atoms with Crippen molar-refractivity contribution < 1.29 is 4.79 Å². The number of hydrogen-bond donors (Lipinski definition) is 1. The maximum absolute atomic E-state index is 11.1. The molecule has 2 rings (SSSR count). The molecule has 0 spiro atoms. The zero-order chi connectivity index (χ0) is 13.5. The van der Waals surface area contributed by atoms with E-state index in [0.29, 0.717) is 0 Å². The van der Waals surface area contributed by atoms with Crippen molar-refractivity contribution in [2.75, 3.05) is 5.32 Å². The standard InChI is InChI=1S/C15H14N2OS/c1-2-15(18)17-13-5-7-14(8-6-13)19-11-12-4-3-9-16-10-12/h2-10H,1,11H2,(H,17,18). The van der Waals surface area contributed by atoms with Gasteiger partial charge in [-0.1, -0.05) is 12.6 Å². The van der Waals surface area contributed by atoms with E-state index in [2.05, 4.69) is 22.9 Å². The van der Waals surface area contributed by atoms with Gasteiger partial charge >= 0.3 is 0 Å². The van der Waals surface area contributed by atoms with E-state index in [0.717, 1.165) is 16.3 Å². The molecule has 1 aromatic carbocycles. The summed E-state index contributed by atoms with van der Waals surface area (Å²) in [4.78, 5) is 16.4. The van der Waals surface area contributed by atoms with E-state index in [1.165, 1.54) is 11.6 Å². The Balaban J connectivity index is 1.92. The van der Waals surface area contributed by atoms with E-state index in [9.17, 15) is 4.79 Å². The minimum absolute atomic E-state index is 0.198. The van der Waals surface area contributed by atoms with Gasteiger partial charge in [0.1, 0.15) is 0 Å². The molecular formula is C15H14N2OS. The van der Waals surface area contributed by atoms with Gasteiger partial charge in [-0.25, -0.2) is 0 Å². The van der Waals surface area contributed by atoms with E-state index in [4.69, 9.17) is 0 Å². The largest absolute Gasteiger partial charge is 0.323 e. The van der Waals surface area contributed by atoms with Crippen LogP contribution < -0.4 is 5.32 Å². The summed E-state index contributed by atoms with van der Waals surface area (Å²) >= 11 is 1.73. The third-order valence-electron chi connectivity index (χ3n) is 2.44. The number of aromatic nitrogens is 1. The Kier molecular flexibility index (Phi) is 4.75. The number of anilines is 1. The molecule has 96 valence electrons. The monoisotopic (exact) mass is 270 g/mol. The zero-order valence-electron chi connectivity index (χ0n) is 10.4. The molecule has 1 heterocycles. The van der Waals surface area contributed by atoms with Crippen LogP contribution in [-0.4, -0.2) is 10.9 Å². The van der Waals surface area contributed by atoms with Gasteiger partial charge in [0.15, 0.2) is 0 Å². The SMILES string of the molecule is C=CC(=O)Nc1ccc(SCc2cccnc2)cc1. The number of carbonyl (C=O) groups excluding carboxylic acids is 1. The van der Waals surface area contributed by atoms with E-state index >= 15 is 0 Å². The molecular weight excluding hydrogens is 256 g/mol. The number of benzene rings is 1. The molecule has 1 aromatic heterocycles. The van der Waals surface area contributed by atoms with Crippen LogP contribution in [0.4, 0.5) is 5.69 Å². The van der Waals surface area contributed by atoms with Crippen molar-refractivity contribution in [3.05, 3.63) is 67.0 Å². The first-order valence-corrected chi connectivity index (χ1v) is 6.81. The molecule has 0 unspecified atom stereocenters. The smallest absolute Gasteiger partial charge is 0.247 e. The Morgan fingerprint density at radius 2 is 2.11 bits per heavy atom. The number of thioether (sulfide) groups is 1. The molecule has 2 aromatic rings. The van der Waals surface area contributed by atoms with Crippen molar-refractivity contribution in [3.63, 3.8) is 0 Å². The first kappa shape index (κ1) is 13.4. The lowest BCUT2D eigenvalue weighted by atomic mass is 10.3. The van der Waals surface area contributed by atoms with Gasteiger partial charge < -0.3 is 5.32 Å². The zero-order valence-corrected chi connectivity index (χ0v) is 11.2. The van der Waals surface area contributed by atoms with Crippen LogP contribution in [0.2, 0.25) is 0 Å². The highest BCUT2D eigenvalue weighted by atomic mass is 32.2. The number of nitrogens with zero attached hydrogens (tertiary/aromatic N) is 1. The topological polar surface area (TPSA) is 42.0 Å². The Labute approximate surface area is 116 Å². The van der Waals surface area contributed by atoms with Crippen molar-refractivity contribution in [2.45, 2.75) is 10.6 Å². The van der Waals surface area contributed by atoms with Crippen LogP contribution in [0.3, 0.4) is 0 Å². The molecule has 4 heteroatoms.